The summed E-state index contributed by atoms with van der Waals surface area (Å²) in [5, 5.41) is 9.30. The highest BCUT2D eigenvalue weighted by Gasteiger charge is 2.32. The van der Waals surface area contributed by atoms with Crippen molar-refractivity contribution in [3.63, 3.8) is 0 Å². The van der Waals surface area contributed by atoms with Gasteiger partial charge in [0.2, 0.25) is 0 Å². The third-order valence-electron chi connectivity index (χ3n) is 4.50. The molecule has 0 fully saturated rings. The lowest BCUT2D eigenvalue weighted by atomic mass is 9.97. The van der Waals surface area contributed by atoms with Crippen LogP contribution in [0.1, 0.15) is 22.3 Å². The molecule has 0 aromatic heterocycles. The normalized spacial score (nSPS) is 13.8. The van der Waals surface area contributed by atoms with Crippen LogP contribution in [0.3, 0.4) is 0 Å². The molecule has 2 aromatic carbocycles. The summed E-state index contributed by atoms with van der Waals surface area (Å²) in [6.07, 6.45) is -3.77. The molecule has 0 saturated heterocycles. The number of ether oxygens (including phenoxy) is 2. The lowest BCUT2D eigenvalue weighted by Gasteiger charge is -2.32. The van der Waals surface area contributed by atoms with Crippen molar-refractivity contribution in [2.24, 2.45) is 0 Å². The third kappa shape index (κ3) is 3.27. The maximum absolute atomic E-state index is 12.9. The Morgan fingerprint density at radius 2 is 1.69 bits per heavy atom. The number of methoxy groups -OCH3 is 2. The summed E-state index contributed by atoms with van der Waals surface area (Å²) < 4.78 is 49.3. The van der Waals surface area contributed by atoms with Crippen molar-refractivity contribution in [3.8, 4) is 17.6 Å². The van der Waals surface area contributed by atoms with Crippen LogP contribution in [0.25, 0.3) is 0 Å². The Bertz CT molecular complexity index is 872. The highest BCUT2D eigenvalue weighted by Crippen LogP contribution is 2.37. The second kappa shape index (κ2) is 6.79. The van der Waals surface area contributed by atoms with Crippen LogP contribution in [0.4, 0.5) is 18.9 Å². The standard InChI is InChI=1S/C19H17F3N2O2/c1-25-17-8-12-5-6-24(11-14(12)9-18(17)26-2)16-4-3-15(19(20,21)22)7-13(16)10-23/h3-4,7-9H,5-6,11H2,1-2H3. The van der Waals surface area contributed by atoms with Crippen molar-refractivity contribution < 1.29 is 22.6 Å². The molecule has 0 unspecified atom stereocenters. The second-order valence-corrected chi connectivity index (χ2v) is 5.99. The van der Waals surface area contributed by atoms with Crippen LogP contribution in [0.5, 0.6) is 11.5 Å². The number of anilines is 1. The van der Waals surface area contributed by atoms with Crippen molar-refractivity contribution in [1.82, 2.24) is 0 Å². The van der Waals surface area contributed by atoms with Gasteiger partial charge in [-0.1, -0.05) is 0 Å². The largest absolute Gasteiger partial charge is 0.493 e. The van der Waals surface area contributed by atoms with Gasteiger partial charge in [0.15, 0.2) is 11.5 Å². The molecular weight excluding hydrogens is 345 g/mol. The molecule has 1 aliphatic heterocycles. The molecule has 0 saturated carbocycles. The van der Waals surface area contributed by atoms with E-state index in [4.69, 9.17) is 9.47 Å². The monoisotopic (exact) mass is 362 g/mol. The zero-order valence-electron chi connectivity index (χ0n) is 14.4. The molecule has 2 aromatic rings. The number of fused-ring (bicyclic) bond motifs is 1. The summed E-state index contributed by atoms with van der Waals surface area (Å²) in [7, 11) is 3.12. The maximum atomic E-state index is 12.9. The Labute approximate surface area is 149 Å². The minimum atomic E-state index is -4.47. The molecular formula is C19H17F3N2O2. The molecule has 3 rings (SSSR count). The topological polar surface area (TPSA) is 45.5 Å². The summed E-state index contributed by atoms with van der Waals surface area (Å²) in [5.74, 6) is 1.24. The number of nitrogens with zero attached hydrogens (tertiary/aromatic N) is 2. The average Bonchev–Trinajstić information content (AvgIpc) is 2.65. The van der Waals surface area contributed by atoms with Crippen LogP contribution < -0.4 is 14.4 Å². The predicted molar refractivity (Wildman–Crippen MR) is 90.5 cm³/mol. The molecule has 0 spiro atoms. The van der Waals surface area contributed by atoms with Crippen molar-refractivity contribution in [3.05, 3.63) is 52.6 Å². The highest BCUT2D eigenvalue weighted by atomic mass is 19.4. The van der Waals surface area contributed by atoms with Crippen LogP contribution in [0.2, 0.25) is 0 Å². The molecule has 0 radical (unpaired) electrons. The van der Waals surface area contributed by atoms with E-state index < -0.39 is 11.7 Å². The lowest BCUT2D eigenvalue weighted by Crippen LogP contribution is -2.31. The molecule has 1 aliphatic rings. The predicted octanol–water partition coefficient (Wildman–Crippen LogP) is 4.16. The molecule has 0 N–H and O–H groups in total. The summed E-state index contributed by atoms with van der Waals surface area (Å²) >= 11 is 0. The summed E-state index contributed by atoms with van der Waals surface area (Å²) in [4.78, 5) is 1.91. The Morgan fingerprint density at radius 3 is 2.27 bits per heavy atom. The number of hydrogen-bond acceptors (Lipinski definition) is 4. The van der Waals surface area contributed by atoms with Gasteiger partial charge in [0, 0.05) is 13.1 Å². The molecule has 7 heteroatoms. The van der Waals surface area contributed by atoms with E-state index in [1.807, 2.05) is 23.1 Å². The third-order valence-corrected chi connectivity index (χ3v) is 4.50. The van der Waals surface area contributed by atoms with Crippen LogP contribution in [0, 0.1) is 11.3 Å². The van der Waals surface area contributed by atoms with Crippen LogP contribution in [0.15, 0.2) is 30.3 Å². The fraction of sp³-hybridized carbons (Fsp3) is 0.316. The zero-order chi connectivity index (χ0) is 18.9. The first-order valence-corrected chi connectivity index (χ1v) is 7.97. The van der Waals surface area contributed by atoms with E-state index in [-0.39, 0.29) is 5.56 Å². The first-order chi connectivity index (χ1) is 12.4. The van der Waals surface area contributed by atoms with Gasteiger partial charge >= 0.3 is 6.18 Å². The van der Waals surface area contributed by atoms with Gasteiger partial charge in [-0.25, -0.2) is 0 Å². The first-order valence-electron chi connectivity index (χ1n) is 7.97. The minimum Gasteiger partial charge on any atom is -0.493 e. The van der Waals surface area contributed by atoms with Gasteiger partial charge in [0.25, 0.3) is 0 Å². The van der Waals surface area contributed by atoms with Crippen molar-refractivity contribution in [2.75, 3.05) is 25.7 Å². The van der Waals surface area contributed by atoms with Crippen LogP contribution in [-0.4, -0.2) is 20.8 Å². The Hall–Kier alpha value is -2.88. The van der Waals surface area contributed by atoms with E-state index in [0.717, 1.165) is 23.3 Å². The summed E-state index contributed by atoms with van der Waals surface area (Å²) in [5.41, 5.74) is 1.80. The van der Waals surface area contributed by atoms with Crippen LogP contribution >= 0.6 is 0 Å². The zero-order valence-corrected chi connectivity index (χ0v) is 14.4. The van der Waals surface area contributed by atoms with E-state index in [0.29, 0.717) is 36.7 Å². The van der Waals surface area contributed by atoms with E-state index in [9.17, 15) is 18.4 Å². The first kappa shape index (κ1) is 17.9. The van der Waals surface area contributed by atoms with Gasteiger partial charge in [-0.3, -0.25) is 0 Å². The van der Waals surface area contributed by atoms with E-state index in [1.54, 1.807) is 14.2 Å². The number of halogens is 3. The van der Waals surface area contributed by atoms with Gasteiger partial charge in [0.05, 0.1) is 31.0 Å². The van der Waals surface area contributed by atoms with Crippen molar-refractivity contribution >= 4 is 5.69 Å². The average molecular weight is 362 g/mol. The number of nitriles is 1. The van der Waals surface area contributed by atoms with Gasteiger partial charge in [-0.05, 0) is 47.9 Å². The number of benzene rings is 2. The van der Waals surface area contributed by atoms with Crippen molar-refractivity contribution in [2.45, 2.75) is 19.1 Å². The summed E-state index contributed by atoms with van der Waals surface area (Å²) in [6.45, 7) is 1.08. The Kier molecular flexibility index (Phi) is 4.68. The number of hydrogen-bond donors (Lipinski definition) is 0. The maximum Gasteiger partial charge on any atom is 0.416 e. The molecule has 1 heterocycles. The Balaban J connectivity index is 1.95. The number of alkyl halides is 3. The molecule has 0 aliphatic carbocycles. The molecule has 0 atom stereocenters. The molecule has 0 bridgehead atoms. The minimum absolute atomic E-state index is 0.0174. The van der Waals surface area contributed by atoms with E-state index in [2.05, 4.69) is 0 Å². The van der Waals surface area contributed by atoms with E-state index >= 15 is 0 Å². The van der Waals surface area contributed by atoms with Crippen LogP contribution in [-0.2, 0) is 19.1 Å². The summed E-state index contributed by atoms with van der Waals surface area (Å²) in [6, 6.07) is 8.96. The van der Waals surface area contributed by atoms with Gasteiger partial charge in [-0.2, -0.15) is 18.4 Å². The molecule has 26 heavy (non-hydrogen) atoms. The second-order valence-electron chi connectivity index (χ2n) is 5.99. The molecule has 4 nitrogen and oxygen atoms in total. The van der Waals surface area contributed by atoms with E-state index in [1.165, 1.54) is 6.07 Å². The number of rotatable bonds is 3. The fourth-order valence-corrected chi connectivity index (χ4v) is 3.17. The molecule has 0 amide bonds. The smallest absolute Gasteiger partial charge is 0.416 e. The Morgan fingerprint density at radius 1 is 1.04 bits per heavy atom. The molecule has 136 valence electrons. The van der Waals surface area contributed by atoms with Gasteiger partial charge in [-0.15, -0.1) is 0 Å². The fourth-order valence-electron chi connectivity index (χ4n) is 3.17. The van der Waals surface area contributed by atoms with Gasteiger partial charge < -0.3 is 14.4 Å². The van der Waals surface area contributed by atoms with Gasteiger partial charge in [0.1, 0.15) is 6.07 Å². The lowest BCUT2D eigenvalue weighted by molar-refractivity contribution is -0.137. The quantitative estimate of drug-likeness (QED) is 0.823. The highest BCUT2D eigenvalue weighted by molar-refractivity contribution is 5.62. The SMILES string of the molecule is COc1cc2c(cc1OC)CN(c1ccc(C(F)(F)F)cc1C#N)CC2. The van der Waals surface area contributed by atoms with Crippen molar-refractivity contribution in [1.29, 1.82) is 5.26 Å².